The van der Waals surface area contributed by atoms with Crippen LogP contribution in [0.15, 0.2) is 24.3 Å². The van der Waals surface area contributed by atoms with Gasteiger partial charge in [-0.05, 0) is 24.6 Å². The summed E-state index contributed by atoms with van der Waals surface area (Å²) in [6, 6.07) is 5.24. The molecule has 0 aromatic heterocycles. The maximum Gasteiger partial charge on any atom is 0.335 e. The molecule has 0 bridgehead atoms. The molecular weight excluding hydrogens is 224 g/mol. The lowest BCUT2D eigenvalue weighted by Gasteiger charge is -2.20. The van der Waals surface area contributed by atoms with Crippen molar-refractivity contribution in [3.63, 3.8) is 0 Å². The number of amides is 3. The van der Waals surface area contributed by atoms with Crippen LogP contribution in [0.4, 0.5) is 4.79 Å². The summed E-state index contributed by atoms with van der Waals surface area (Å²) < 4.78 is 0. The second kappa shape index (κ2) is 3.58. The van der Waals surface area contributed by atoms with Crippen molar-refractivity contribution in [1.29, 1.82) is 0 Å². The first kappa shape index (κ1) is 11.1. The van der Waals surface area contributed by atoms with Crippen LogP contribution in [0, 0.1) is 0 Å². The summed E-state index contributed by atoms with van der Waals surface area (Å²) in [4.78, 5) is 33.4. The minimum atomic E-state index is -1.14. The first-order valence-electron chi connectivity index (χ1n) is 4.91. The topological polar surface area (TPSA) is 95.5 Å². The zero-order valence-corrected chi connectivity index (χ0v) is 8.98. The van der Waals surface area contributed by atoms with E-state index in [1.165, 1.54) is 24.3 Å². The van der Waals surface area contributed by atoms with Crippen LogP contribution in [0.2, 0.25) is 0 Å². The Kier molecular flexibility index (Phi) is 2.35. The van der Waals surface area contributed by atoms with Crippen molar-refractivity contribution >= 4 is 17.9 Å². The van der Waals surface area contributed by atoms with Crippen LogP contribution in [0.5, 0.6) is 0 Å². The Labute approximate surface area is 96.6 Å². The van der Waals surface area contributed by atoms with Gasteiger partial charge in [0, 0.05) is 0 Å². The van der Waals surface area contributed by atoms with Crippen molar-refractivity contribution in [2.75, 3.05) is 0 Å². The average molecular weight is 234 g/mol. The molecule has 0 radical (unpaired) electrons. The van der Waals surface area contributed by atoms with E-state index in [0.717, 1.165) is 0 Å². The molecule has 1 aliphatic heterocycles. The molecule has 6 nitrogen and oxygen atoms in total. The molecule has 88 valence electrons. The van der Waals surface area contributed by atoms with Crippen molar-refractivity contribution in [3.05, 3.63) is 35.4 Å². The SMILES string of the molecule is C[C@]1(c2ccc(C(=O)O)cc2)NC(=O)NC1=O. The van der Waals surface area contributed by atoms with Crippen LogP contribution in [-0.2, 0) is 10.3 Å². The molecule has 17 heavy (non-hydrogen) atoms. The van der Waals surface area contributed by atoms with Gasteiger partial charge in [0.25, 0.3) is 5.91 Å². The monoisotopic (exact) mass is 234 g/mol. The molecule has 0 spiro atoms. The van der Waals surface area contributed by atoms with Gasteiger partial charge in [0.15, 0.2) is 0 Å². The standard InChI is InChI=1S/C11H10N2O4/c1-11(9(16)12-10(17)13-11)7-4-2-6(3-5-7)8(14)15/h2-5H,1H3,(H,14,15)(H2,12,13,16,17)/t11-/m1/s1. The smallest absolute Gasteiger partial charge is 0.335 e. The lowest BCUT2D eigenvalue weighted by atomic mass is 9.91. The Morgan fingerprint density at radius 1 is 1.24 bits per heavy atom. The fourth-order valence-corrected chi connectivity index (χ4v) is 1.69. The van der Waals surface area contributed by atoms with Gasteiger partial charge in [0.2, 0.25) is 0 Å². The maximum absolute atomic E-state index is 11.6. The van der Waals surface area contributed by atoms with E-state index >= 15 is 0 Å². The minimum absolute atomic E-state index is 0.127. The lowest BCUT2D eigenvalue weighted by Crippen LogP contribution is -2.40. The van der Waals surface area contributed by atoms with Crippen LogP contribution < -0.4 is 10.6 Å². The molecule has 1 aromatic rings. The highest BCUT2D eigenvalue weighted by molar-refractivity contribution is 6.07. The number of imide groups is 1. The summed E-state index contributed by atoms with van der Waals surface area (Å²) in [7, 11) is 0. The molecule has 2 rings (SSSR count). The third kappa shape index (κ3) is 1.73. The van der Waals surface area contributed by atoms with E-state index in [0.29, 0.717) is 5.56 Å². The third-order valence-corrected chi connectivity index (χ3v) is 2.75. The van der Waals surface area contributed by atoms with Gasteiger partial charge in [-0.15, -0.1) is 0 Å². The highest BCUT2D eigenvalue weighted by atomic mass is 16.4. The summed E-state index contributed by atoms with van der Waals surface area (Å²) in [6.45, 7) is 1.56. The highest BCUT2D eigenvalue weighted by Gasteiger charge is 2.43. The number of carboxylic acids is 1. The number of aromatic carboxylic acids is 1. The largest absolute Gasteiger partial charge is 0.478 e. The molecule has 3 amide bonds. The predicted molar refractivity (Wildman–Crippen MR) is 57.4 cm³/mol. The van der Waals surface area contributed by atoms with E-state index in [4.69, 9.17) is 5.11 Å². The molecule has 0 saturated carbocycles. The predicted octanol–water partition coefficient (Wildman–Crippen LogP) is 0.439. The molecule has 6 heteroatoms. The second-order valence-electron chi connectivity index (χ2n) is 3.92. The van der Waals surface area contributed by atoms with Crippen LogP contribution in [-0.4, -0.2) is 23.0 Å². The number of hydrogen-bond acceptors (Lipinski definition) is 3. The highest BCUT2D eigenvalue weighted by Crippen LogP contribution is 2.24. The first-order chi connectivity index (χ1) is 7.93. The van der Waals surface area contributed by atoms with E-state index < -0.39 is 23.4 Å². The zero-order valence-electron chi connectivity index (χ0n) is 8.98. The Bertz CT molecular complexity index is 509. The molecular formula is C11H10N2O4. The number of carboxylic acid groups (broad SMARTS) is 1. The van der Waals surface area contributed by atoms with Crippen molar-refractivity contribution in [1.82, 2.24) is 10.6 Å². The number of nitrogens with one attached hydrogen (secondary N) is 2. The molecule has 1 saturated heterocycles. The van der Waals surface area contributed by atoms with Gasteiger partial charge in [0.1, 0.15) is 5.54 Å². The fourth-order valence-electron chi connectivity index (χ4n) is 1.69. The van der Waals surface area contributed by atoms with Crippen molar-refractivity contribution in [2.45, 2.75) is 12.5 Å². The van der Waals surface area contributed by atoms with Gasteiger partial charge in [0.05, 0.1) is 5.56 Å². The number of hydrogen-bond donors (Lipinski definition) is 3. The number of carbonyl (C=O) groups is 3. The van der Waals surface area contributed by atoms with Gasteiger partial charge >= 0.3 is 12.0 Å². The Hall–Kier alpha value is -2.37. The number of carbonyl (C=O) groups excluding carboxylic acids is 2. The van der Waals surface area contributed by atoms with Crippen LogP contribution in [0.3, 0.4) is 0 Å². The Balaban J connectivity index is 2.37. The summed E-state index contributed by atoms with van der Waals surface area (Å²) in [5, 5.41) is 13.4. The molecule has 0 unspecified atom stereocenters. The normalized spacial score (nSPS) is 23.1. The Morgan fingerprint density at radius 2 is 1.82 bits per heavy atom. The Morgan fingerprint density at radius 3 is 2.24 bits per heavy atom. The minimum Gasteiger partial charge on any atom is -0.478 e. The fraction of sp³-hybridized carbons (Fsp3) is 0.182. The molecule has 3 N–H and O–H groups in total. The van der Waals surface area contributed by atoms with E-state index in [-0.39, 0.29) is 5.56 Å². The molecule has 1 atom stereocenters. The number of benzene rings is 1. The second-order valence-corrected chi connectivity index (χ2v) is 3.92. The van der Waals surface area contributed by atoms with Crippen molar-refractivity contribution in [2.24, 2.45) is 0 Å². The van der Waals surface area contributed by atoms with E-state index in [2.05, 4.69) is 10.6 Å². The summed E-state index contributed by atoms with van der Waals surface area (Å²) in [5.74, 6) is -1.49. The number of rotatable bonds is 2. The van der Waals surface area contributed by atoms with Gasteiger partial charge in [-0.25, -0.2) is 9.59 Å². The maximum atomic E-state index is 11.6. The zero-order chi connectivity index (χ0) is 12.6. The summed E-state index contributed by atoms with van der Waals surface area (Å²) >= 11 is 0. The van der Waals surface area contributed by atoms with E-state index in [9.17, 15) is 14.4 Å². The van der Waals surface area contributed by atoms with Crippen LogP contribution in [0.1, 0.15) is 22.8 Å². The average Bonchev–Trinajstić information content (AvgIpc) is 2.54. The van der Waals surface area contributed by atoms with E-state index in [1.807, 2.05) is 0 Å². The summed E-state index contributed by atoms with van der Waals surface area (Å²) in [5.41, 5.74) is -0.485. The van der Waals surface area contributed by atoms with Gasteiger partial charge in [-0.2, -0.15) is 0 Å². The van der Waals surface area contributed by atoms with Crippen LogP contribution in [0.25, 0.3) is 0 Å². The molecule has 0 aliphatic carbocycles. The molecule has 1 heterocycles. The quantitative estimate of drug-likeness (QED) is 0.647. The molecule has 1 aromatic carbocycles. The van der Waals surface area contributed by atoms with Crippen molar-refractivity contribution in [3.8, 4) is 0 Å². The van der Waals surface area contributed by atoms with Gasteiger partial charge < -0.3 is 10.4 Å². The summed E-state index contributed by atoms with van der Waals surface area (Å²) in [6.07, 6.45) is 0. The number of urea groups is 1. The van der Waals surface area contributed by atoms with Crippen LogP contribution >= 0.6 is 0 Å². The third-order valence-electron chi connectivity index (χ3n) is 2.75. The van der Waals surface area contributed by atoms with Gasteiger partial charge in [-0.3, -0.25) is 10.1 Å². The van der Waals surface area contributed by atoms with E-state index in [1.54, 1.807) is 6.92 Å². The molecule has 1 aliphatic rings. The molecule has 1 fully saturated rings. The van der Waals surface area contributed by atoms with Crippen molar-refractivity contribution < 1.29 is 19.5 Å². The lowest BCUT2D eigenvalue weighted by molar-refractivity contribution is -0.123. The first-order valence-corrected chi connectivity index (χ1v) is 4.91. The van der Waals surface area contributed by atoms with Gasteiger partial charge in [-0.1, -0.05) is 12.1 Å².